The molecular weight excluding hydrogens is 108 g/mol. The van der Waals surface area contributed by atoms with Gasteiger partial charge in [0.25, 0.3) is 0 Å². The van der Waals surface area contributed by atoms with E-state index >= 15 is 0 Å². The number of rotatable bonds is 0. The molecule has 52 valence electrons. The first-order chi connectivity index (χ1) is 3.83. The molecule has 0 saturated carbocycles. The Kier molecular flexibility index (Phi) is 132. The van der Waals surface area contributed by atoms with Gasteiger partial charge in [-0.25, -0.2) is 10.2 Å². The van der Waals surface area contributed by atoms with E-state index in [0.717, 1.165) is 7.11 Å². The Morgan fingerprint density at radius 3 is 1.25 bits per heavy atom. The van der Waals surface area contributed by atoms with Crippen molar-refractivity contribution in [2.75, 3.05) is 27.9 Å². The van der Waals surface area contributed by atoms with Crippen LogP contribution < -0.4 is 0 Å². The Morgan fingerprint density at radius 1 is 1.25 bits per heavy atom. The number of ether oxygens (including phenoxy) is 1. The standard InChI is InChI=1S/C2H6O.C2H5O.CH3O/c1-3-2;1-2-3;1-2/h1-2H3;2H2,1H3;1H3. The van der Waals surface area contributed by atoms with E-state index in [-0.39, 0.29) is 6.61 Å². The van der Waals surface area contributed by atoms with Gasteiger partial charge in [0.2, 0.25) is 0 Å². The monoisotopic (exact) mass is 122 g/mol. The fourth-order valence-electron chi connectivity index (χ4n) is 0. The topological polar surface area (TPSA) is 49.0 Å². The zero-order valence-corrected chi connectivity index (χ0v) is 5.93. The maximum absolute atomic E-state index is 8.93. The quantitative estimate of drug-likeness (QED) is 0.467. The van der Waals surface area contributed by atoms with Gasteiger partial charge in [-0.3, -0.25) is 0 Å². The second kappa shape index (κ2) is 67.3. The summed E-state index contributed by atoms with van der Waals surface area (Å²) in [5, 5.41) is 17.2. The normalized spacial score (nSPS) is 5.25. The molecule has 0 aliphatic carbocycles. The third-order valence-corrected chi connectivity index (χ3v) is 0. The molecule has 0 fully saturated rings. The van der Waals surface area contributed by atoms with Crippen LogP contribution in [0, 0.1) is 0 Å². The molecule has 0 atom stereocenters. The number of hydrogen-bond donors (Lipinski definition) is 0. The molecule has 0 aromatic carbocycles. The van der Waals surface area contributed by atoms with Crippen LogP contribution in [0.2, 0.25) is 0 Å². The fourth-order valence-corrected chi connectivity index (χ4v) is 0. The molecule has 0 aliphatic rings. The summed E-state index contributed by atoms with van der Waals surface area (Å²) < 4.78 is 4.25. The first-order valence-corrected chi connectivity index (χ1v) is 2.22. The van der Waals surface area contributed by atoms with Crippen molar-refractivity contribution in [1.29, 1.82) is 0 Å². The summed E-state index contributed by atoms with van der Waals surface area (Å²) in [6, 6.07) is 0. The second-order valence-corrected chi connectivity index (χ2v) is 0.697. The van der Waals surface area contributed by atoms with Crippen molar-refractivity contribution in [2.24, 2.45) is 0 Å². The zero-order valence-electron chi connectivity index (χ0n) is 5.93. The molecule has 0 bridgehead atoms. The molecular formula is C5H14O3. The molecule has 0 rings (SSSR count). The lowest BCUT2D eigenvalue weighted by Gasteiger charge is -1.61. The van der Waals surface area contributed by atoms with Gasteiger partial charge in [-0.15, -0.1) is 0 Å². The third-order valence-electron chi connectivity index (χ3n) is 0. The summed E-state index contributed by atoms with van der Waals surface area (Å²) in [5.74, 6) is 0. The van der Waals surface area contributed by atoms with E-state index in [0.29, 0.717) is 0 Å². The minimum atomic E-state index is 0. The lowest BCUT2D eigenvalue weighted by molar-refractivity contribution is 0.212. The van der Waals surface area contributed by atoms with E-state index in [1.807, 2.05) is 0 Å². The molecule has 0 unspecified atom stereocenters. The molecule has 8 heavy (non-hydrogen) atoms. The summed E-state index contributed by atoms with van der Waals surface area (Å²) in [4.78, 5) is 0. The van der Waals surface area contributed by atoms with Crippen LogP contribution in [0.15, 0.2) is 0 Å². The van der Waals surface area contributed by atoms with Crippen LogP contribution in [-0.2, 0) is 14.9 Å². The van der Waals surface area contributed by atoms with Gasteiger partial charge in [0, 0.05) is 14.2 Å². The molecule has 0 N–H and O–H groups in total. The molecule has 0 spiro atoms. The van der Waals surface area contributed by atoms with Crippen LogP contribution in [0.5, 0.6) is 0 Å². The minimum absolute atomic E-state index is 0. The molecule has 3 heteroatoms. The highest BCUT2D eigenvalue weighted by Crippen LogP contribution is 1.33. The predicted molar refractivity (Wildman–Crippen MR) is 30.8 cm³/mol. The molecule has 0 aromatic rings. The van der Waals surface area contributed by atoms with Gasteiger partial charge < -0.3 is 4.74 Å². The Morgan fingerprint density at radius 2 is 1.25 bits per heavy atom. The van der Waals surface area contributed by atoms with Crippen LogP contribution >= 0.6 is 0 Å². The summed E-state index contributed by atoms with van der Waals surface area (Å²) >= 11 is 0. The molecule has 0 amide bonds. The lowest BCUT2D eigenvalue weighted by atomic mass is 10.9. The van der Waals surface area contributed by atoms with Gasteiger partial charge in [-0.05, 0) is 6.92 Å². The van der Waals surface area contributed by atoms with Gasteiger partial charge in [0.05, 0.1) is 13.7 Å². The number of hydrogen-bond acceptors (Lipinski definition) is 1. The highest BCUT2D eigenvalue weighted by atomic mass is 16.4. The van der Waals surface area contributed by atoms with E-state index < -0.39 is 0 Å². The number of methoxy groups -OCH3 is 1. The van der Waals surface area contributed by atoms with E-state index in [1.54, 1.807) is 21.1 Å². The van der Waals surface area contributed by atoms with Crippen molar-refractivity contribution in [3.8, 4) is 0 Å². The van der Waals surface area contributed by atoms with Gasteiger partial charge in [0.1, 0.15) is 0 Å². The van der Waals surface area contributed by atoms with E-state index in [1.165, 1.54) is 0 Å². The zero-order chi connectivity index (χ0) is 7.41. The molecule has 3 nitrogen and oxygen atoms in total. The van der Waals surface area contributed by atoms with Crippen LogP contribution in [0.1, 0.15) is 6.92 Å². The van der Waals surface area contributed by atoms with Crippen LogP contribution in [0.3, 0.4) is 0 Å². The van der Waals surface area contributed by atoms with E-state index in [2.05, 4.69) is 4.74 Å². The average molecular weight is 122 g/mol. The third kappa shape index (κ3) is 9720. The molecule has 0 saturated heterocycles. The minimum Gasteiger partial charge on any atom is -0.388 e. The maximum Gasteiger partial charge on any atom is 0.0794 e. The fraction of sp³-hybridized carbons (Fsp3) is 1.00. The van der Waals surface area contributed by atoms with Gasteiger partial charge >= 0.3 is 0 Å². The summed E-state index contributed by atoms with van der Waals surface area (Å²) in [7, 11) is 4.00. The Hall–Kier alpha value is -0.120. The molecule has 2 radical (unpaired) electrons. The molecule has 0 heterocycles. The smallest absolute Gasteiger partial charge is 0.0794 e. The molecule has 0 aliphatic heterocycles. The molecule has 0 aromatic heterocycles. The Labute approximate surface area is 50.9 Å². The first kappa shape index (κ1) is 15.7. The first-order valence-electron chi connectivity index (χ1n) is 2.22. The van der Waals surface area contributed by atoms with Gasteiger partial charge in [-0.1, -0.05) is 0 Å². The summed E-state index contributed by atoms with van der Waals surface area (Å²) in [5.41, 5.74) is 0. The highest BCUT2D eigenvalue weighted by molar-refractivity contribution is 3.83. The van der Waals surface area contributed by atoms with Gasteiger partial charge in [-0.2, -0.15) is 0 Å². The summed E-state index contributed by atoms with van der Waals surface area (Å²) in [6.45, 7) is 1.57. The van der Waals surface area contributed by atoms with Crippen molar-refractivity contribution < 1.29 is 14.9 Å². The van der Waals surface area contributed by atoms with Crippen molar-refractivity contribution >= 4 is 0 Å². The van der Waals surface area contributed by atoms with Crippen molar-refractivity contribution in [2.45, 2.75) is 6.92 Å². The van der Waals surface area contributed by atoms with Crippen LogP contribution in [-0.4, -0.2) is 27.9 Å². The summed E-state index contributed by atoms with van der Waals surface area (Å²) in [6.07, 6.45) is 0. The van der Waals surface area contributed by atoms with Crippen molar-refractivity contribution in [1.82, 2.24) is 0 Å². The second-order valence-electron chi connectivity index (χ2n) is 0.697. The van der Waals surface area contributed by atoms with Crippen LogP contribution in [0.4, 0.5) is 0 Å². The largest absolute Gasteiger partial charge is 0.388 e. The SMILES string of the molecule is CC[O].COC.C[O]. The maximum atomic E-state index is 8.93. The van der Waals surface area contributed by atoms with Crippen molar-refractivity contribution in [3.05, 3.63) is 0 Å². The van der Waals surface area contributed by atoms with E-state index in [9.17, 15) is 0 Å². The van der Waals surface area contributed by atoms with E-state index in [4.69, 9.17) is 10.2 Å². The van der Waals surface area contributed by atoms with Crippen LogP contribution in [0.25, 0.3) is 0 Å². The van der Waals surface area contributed by atoms with Gasteiger partial charge in [0.15, 0.2) is 0 Å². The highest BCUT2D eigenvalue weighted by Gasteiger charge is 1.39. The Balaban J connectivity index is -0.0000000483. The predicted octanol–water partition coefficient (Wildman–Crippen LogP) is 0.746. The average Bonchev–Trinajstić information content (AvgIpc) is 1.75. The lowest BCUT2D eigenvalue weighted by Crippen LogP contribution is -1.55. The Bertz CT molecular complexity index is 9.64. The van der Waals surface area contributed by atoms with Crippen molar-refractivity contribution in [3.63, 3.8) is 0 Å².